The number of hydrogen-bond donors (Lipinski definition) is 0. The summed E-state index contributed by atoms with van der Waals surface area (Å²) < 4.78 is 0. The van der Waals surface area contributed by atoms with E-state index in [4.69, 9.17) is 23.2 Å². The van der Waals surface area contributed by atoms with E-state index >= 15 is 0 Å². The monoisotopic (exact) mass is 243 g/mol. The van der Waals surface area contributed by atoms with E-state index in [9.17, 15) is 0 Å². The van der Waals surface area contributed by atoms with Gasteiger partial charge in [0.15, 0.2) is 0 Å². The van der Waals surface area contributed by atoms with E-state index in [1.165, 1.54) is 0 Å². The fourth-order valence-corrected chi connectivity index (χ4v) is 2.34. The minimum absolute atomic E-state index is 0.648. The highest BCUT2D eigenvalue weighted by Crippen LogP contribution is 2.27. The lowest BCUT2D eigenvalue weighted by molar-refractivity contribution is 1.35. The van der Waals surface area contributed by atoms with Crippen molar-refractivity contribution >= 4 is 43.3 Å². The van der Waals surface area contributed by atoms with Crippen LogP contribution in [0.5, 0.6) is 0 Å². The highest BCUT2D eigenvalue weighted by atomic mass is 35.5. The maximum Gasteiger partial charge on any atom is 0.0753 e. The van der Waals surface area contributed by atoms with Crippen LogP contribution in [0.2, 0.25) is 10.0 Å². The summed E-state index contributed by atoms with van der Waals surface area (Å²) in [7, 11) is 2.65. The van der Waals surface area contributed by atoms with Crippen molar-refractivity contribution in [3.8, 4) is 0 Å². The van der Waals surface area contributed by atoms with Crippen molar-refractivity contribution in [3.05, 3.63) is 40.0 Å². The zero-order valence-corrected chi connectivity index (χ0v) is 9.96. The molecule has 2 aromatic rings. The number of hydrogen-bond acceptors (Lipinski definition) is 1. The zero-order valence-electron chi connectivity index (χ0n) is 7.30. The topological polar surface area (TPSA) is 12.9 Å². The molecule has 0 saturated heterocycles. The lowest BCUT2D eigenvalue weighted by atomic mass is 10.1. The Kier molecular flexibility index (Phi) is 2.92. The number of aromatic nitrogens is 1. The van der Waals surface area contributed by atoms with E-state index in [1.807, 2.05) is 18.2 Å². The molecule has 0 amide bonds. The Bertz CT molecular complexity index is 485. The van der Waals surface area contributed by atoms with Crippen LogP contribution in [0.3, 0.4) is 0 Å². The summed E-state index contributed by atoms with van der Waals surface area (Å²) in [6.07, 6.45) is 2.44. The fraction of sp³-hybridized carbons (Fsp3) is 0.100. The Hall–Kier alpha value is -0.360. The Labute approximate surface area is 94.6 Å². The lowest BCUT2D eigenvalue weighted by Crippen LogP contribution is -1.87. The number of halogens is 2. The van der Waals surface area contributed by atoms with E-state index in [-0.39, 0.29) is 0 Å². The van der Waals surface area contributed by atoms with Crippen LogP contribution in [0, 0.1) is 0 Å². The van der Waals surface area contributed by atoms with Crippen LogP contribution < -0.4 is 0 Å². The predicted octanol–water partition coefficient (Wildman–Crippen LogP) is 3.92. The van der Waals surface area contributed by atoms with Gasteiger partial charge in [-0.2, -0.15) is 0 Å². The van der Waals surface area contributed by atoms with E-state index in [0.29, 0.717) is 5.02 Å². The first-order valence-electron chi connectivity index (χ1n) is 4.15. The molecule has 1 aromatic heterocycles. The first-order chi connectivity index (χ1) is 6.72. The molecule has 14 heavy (non-hydrogen) atoms. The minimum Gasteiger partial charge on any atom is -0.254 e. The van der Waals surface area contributed by atoms with E-state index in [1.54, 1.807) is 6.20 Å². The Morgan fingerprint density at radius 3 is 2.79 bits per heavy atom. The maximum atomic E-state index is 6.06. The zero-order chi connectivity index (χ0) is 10.1. The molecular weight excluding hydrogens is 236 g/mol. The summed E-state index contributed by atoms with van der Waals surface area (Å²) in [4.78, 5) is 4.28. The quantitative estimate of drug-likeness (QED) is 0.693. The van der Waals surface area contributed by atoms with Gasteiger partial charge in [-0.05, 0) is 18.3 Å². The molecule has 0 N–H and O–H groups in total. The molecule has 2 rings (SSSR count). The van der Waals surface area contributed by atoms with Crippen molar-refractivity contribution in [1.29, 1.82) is 0 Å². The number of nitrogens with zero attached hydrogens (tertiary/aromatic N) is 1. The third-order valence-corrected chi connectivity index (χ3v) is 3.04. The lowest BCUT2D eigenvalue weighted by Gasteiger charge is -2.05. The van der Waals surface area contributed by atoms with Gasteiger partial charge in [-0.1, -0.05) is 29.3 Å². The van der Waals surface area contributed by atoms with Crippen LogP contribution in [0.15, 0.2) is 24.4 Å². The molecule has 0 bridgehead atoms. The molecular formula is C10H8Cl2NP. The molecule has 1 nitrogen and oxygen atoms in total. The second-order valence-electron chi connectivity index (χ2n) is 2.96. The predicted molar refractivity (Wildman–Crippen MR) is 65.2 cm³/mol. The van der Waals surface area contributed by atoms with E-state index in [0.717, 1.165) is 27.7 Å². The van der Waals surface area contributed by atoms with Crippen molar-refractivity contribution < 1.29 is 0 Å². The van der Waals surface area contributed by atoms with Crippen LogP contribution in [0.4, 0.5) is 0 Å². The third kappa shape index (κ3) is 1.72. The van der Waals surface area contributed by atoms with Crippen LogP contribution in [0.1, 0.15) is 5.56 Å². The number of rotatable bonds is 1. The highest BCUT2D eigenvalue weighted by molar-refractivity contribution is 7.15. The highest BCUT2D eigenvalue weighted by Gasteiger charge is 2.05. The van der Waals surface area contributed by atoms with Crippen LogP contribution in [-0.2, 0) is 6.16 Å². The molecule has 0 saturated carbocycles. The van der Waals surface area contributed by atoms with Gasteiger partial charge in [-0.15, -0.1) is 9.24 Å². The number of benzene rings is 1. The van der Waals surface area contributed by atoms with Crippen molar-refractivity contribution in [2.45, 2.75) is 6.16 Å². The Balaban J connectivity index is 2.82. The molecule has 0 aliphatic heterocycles. The van der Waals surface area contributed by atoms with E-state index < -0.39 is 0 Å². The number of pyridine rings is 1. The molecule has 0 radical (unpaired) electrons. The van der Waals surface area contributed by atoms with Crippen molar-refractivity contribution in [1.82, 2.24) is 4.98 Å². The first kappa shape index (κ1) is 10.2. The summed E-state index contributed by atoms with van der Waals surface area (Å²) in [5.41, 5.74) is 1.97. The molecule has 0 aliphatic rings. The molecule has 0 spiro atoms. The minimum atomic E-state index is 0.648. The SMILES string of the molecule is PCc1c(Cl)ccc2cc(Cl)cnc12. The van der Waals surface area contributed by atoms with Gasteiger partial charge in [0.05, 0.1) is 10.5 Å². The van der Waals surface area contributed by atoms with Crippen molar-refractivity contribution in [2.75, 3.05) is 0 Å². The smallest absolute Gasteiger partial charge is 0.0753 e. The maximum absolute atomic E-state index is 6.06. The van der Waals surface area contributed by atoms with Gasteiger partial charge in [0.1, 0.15) is 0 Å². The summed E-state index contributed by atoms with van der Waals surface area (Å²) in [5.74, 6) is 0. The second-order valence-corrected chi connectivity index (χ2v) is 4.21. The Morgan fingerprint density at radius 2 is 2.07 bits per heavy atom. The summed E-state index contributed by atoms with van der Waals surface area (Å²) in [5, 5.41) is 2.43. The third-order valence-electron chi connectivity index (χ3n) is 2.07. The van der Waals surface area contributed by atoms with Crippen LogP contribution >= 0.6 is 32.4 Å². The van der Waals surface area contributed by atoms with Gasteiger partial charge in [-0.3, -0.25) is 4.98 Å². The van der Waals surface area contributed by atoms with Gasteiger partial charge in [-0.25, -0.2) is 0 Å². The molecule has 72 valence electrons. The summed E-state index contributed by atoms with van der Waals surface area (Å²) >= 11 is 11.9. The molecule has 1 unspecified atom stereocenters. The van der Waals surface area contributed by atoms with Gasteiger partial charge in [0, 0.05) is 22.2 Å². The normalized spacial score (nSPS) is 10.8. The van der Waals surface area contributed by atoms with Gasteiger partial charge < -0.3 is 0 Å². The van der Waals surface area contributed by atoms with Gasteiger partial charge in [0.2, 0.25) is 0 Å². The average molecular weight is 244 g/mol. The van der Waals surface area contributed by atoms with Gasteiger partial charge >= 0.3 is 0 Å². The fourth-order valence-electron chi connectivity index (χ4n) is 1.40. The molecule has 1 heterocycles. The molecule has 0 aliphatic carbocycles. The standard InChI is InChI=1S/C10H8Cl2NP/c11-7-3-6-1-2-9(12)8(5-14)10(6)13-4-7/h1-4H,5,14H2. The molecule has 1 atom stereocenters. The van der Waals surface area contributed by atoms with Crippen molar-refractivity contribution in [3.63, 3.8) is 0 Å². The van der Waals surface area contributed by atoms with Gasteiger partial charge in [0.25, 0.3) is 0 Å². The first-order valence-corrected chi connectivity index (χ1v) is 5.72. The largest absolute Gasteiger partial charge is 0.254 e. The average Bonchev–Trinajstić information content (AvgIpc) is 2.18. The molecule has 0 fully saturated rings. The second kappa shape index (κ2) is 4.02. The molecule has 1 aromatic carbocycles. The number of fused-ring (bicyclic) bond motifs is 1. The van der Waals surface area contributed by atoms with Crippen molar-refractivity contribution in [2.24, 2.45) is 0 Å². The molecule has 4 heteroatoms. The van der Waals surface area contributed by atoms with Crippen LogP contribution in [0.25, 0.3) is 10.9 Å². The summed E-state index contributed by atoms with van der Waals surface area (Å²) in [6, 6.07) is 5.70. The summed E-state index contributed by atoms with van der Waals surface area (Å²) in [6.45, 7) is 0. The Morgan fingerprint density at radius 1 is 1.29 bits per heavy atom. The van der Waals surface area contributed by atoms with Crippen LogP contribution in [-0.4, -0.2) is 4.98 Å². The van der Waals surface area contributed by atoms with E-state index in [2.05, 4.69) is 14.2 Å².